The molecule has 1 aromatic heterocycles. The minimum Gasteiger partial charge on any atom is -0.493 e. The Balaban J connectivity index is 2.16. The zero-order chi connectivity index (χ0) is 14.6. The Bertz CT molecular complexity index is 558. The van der Waals surface area contributed by atoms with Crippen molar-refractivity contribution in [3.63, 3.8) is 0 Å². The third kappa shape index (κ3) is 3.81. The number of para-hydroxylation sites is 1. The second kappa shape index (κ2) is 6.05. The van der Waals surface area contributed by atoms with E-state index in [-0.39, 0.29) is 5.54 Å². The lowest BCUT2D eigenvalue weighted by molar-refractivity contribution is 0.340. The minimum absolute atomic E-state index is 0.238. The van der Waals surface area contributed by atoms with Gasteiger partial charge in [-0.1, -0.05) is 17.3 Å². The predicted octanol–water partition coefficient (Wildman–Crippen LogP) is 2.81. The number of aryl methyl sites for hydroxylation is 1. The maximum Gasteiger partial charge on any atom is 0.227 e. The monoisotopic (exact) mass is 275 g/mol. The molecule has 1 aromatic carbocycles. The van der Waals surface area contributed by atoms with Gasteiger partial charge in [0, 0.05) is 12.0 Å². The fourth-order valence-electron chi connectivity index (χ4n) is 1.83. The average Bonchev–Trinajstić information content (AvgIpc) is 2.85. The van der Waals surface area contributed by atoms with E-state index in [1.54, 1.807) is 0 Å². The van der Waals surface area contributed by atoms with Crippen LogP contribution in [0.5, 0.6) is 5.75 Å². The largest absolute Gasteiger partial charge is 0.493 e. The number of nitrogens with two attached hydrogens (primary N) is 1. The highest BCUT2D eigenvalue weighted by atomic mass is 16.5. The summed E-state index contributed by atoms with van der Waals surface area (Å²) >= 11 is 0. The Labute approximate surface area is 119 Å². The number of benzene rings is 1. The molecule has 0 spiro atoms. The Morgan fingerprint density at radius 3 is 2.75 bits per heavy atom. The molecule has 5 nitrogen and oxygen atoms in total. The zero-order valence-electron chi connectivity index (χ0n) is 12.2. The van der Waals surface area contributed by atoms with Crippen LogP contribution >= 0.6 is 0 Å². The molecule has 5 heteroatoms. The van der Waals surface area contributed by atoms with Gasteiger partial charge in [-0.2, -0.15) is 4.98 Å². The van der Waals surface area contributed by atoms with Crippen molar-refractivity contribution in [2.24, 2.45) is 5.73 Å². The first-order valence-corrected chi connectivity index (χ1v) is 6.83. The maximum absolute atomic E-state index is 5.96. The van der Waals surface area contributed by atoms with Gasteiger partial charge in [0.05, 0.1) is 12.2 Å². The van der Waals surface area contributed by atoms with Crippen LogP contribution in [0.25, 0.3) is 11.4 Å². The van der Waals surface area contributed by atoms with Crippen molar-refractivity contribution in [1.29, 1.82) is 0 Å². The standard InChI is InChI=1S/C15H21N3O2/c1-4-19-12-8-6-5-7-11(12)14-17-13(20-18-14)9-10-15(2,3)16/h5-8H,4,9-10,16H2,1-3H3. The van der Waals surface area contributed by atoms with E-state index in [0.29, 0.717) is 24.7 Å². The van der Waals surface area contributed by atoms with Crippen molar-refractivity contribution < 1.29 is 9.26 Å². The van der Waals surface area contributed by atoms with Crippen molar-refractivity contribution in [2.75, 3.05) is 6.61 Å². The van der Waals surface area contributed by atoms with Gasteiger partial charge in [-0.05, 0) is 39.3 Å². The van der Waals surface area contributed by atoms with E-state index >= 15 is 0 Å². The van der Waals surface area contributed by atoms with E-state index in [0.717, 1.165) is 17.7 Å². The number of hydrogen-bond donors (Lipinski definition) is 1. The van der Waals surface area contributed by atoms with Gasteiger partial charge in [0.15, 0.2) is 0 Å². The quantitative estimate of drug-likeness (QED) is 0.877. The van der Waals surface area contributed by atoms with Crippen molar-refractivity contribution in [3.8, 4) is 17.1 Å². The normalized spacial score (nSPS) is 11.6. The molecule has 0 saturated heterocycles. The SMILES string of the molecule is CCOc1ccccc1-c1noc(CCC(C)(C)N)n1. The molecular weight excluding hydrogens is 254 g/mol. The summed E-state index contributed by atoms with van der Waals surface area (Å²) in [6.45, 7) is 6.51. The second-order valence-electron chi connectivity index (χ2n) is 5.43. The number of rotatable bonds is 6. The van der Waals surface area contributed by atoms with Crippen LogP contribution < -0.4 is 10.5 Å². The van der Waals surface area contributed by atoms with Gasteiger partial charge in [0.25, 0.3) is 0 Å². The summed E-state index contributed by atoms with van der Waals surface area (Å²) < 4.78 is 10.8. The summed E-state index contributed by atoms with van der Waals surface area (Å²) in [5.74, 6) is 1.92. The molecule has 2 aromatic rings. The summed E-state index contributed by atoms with van der Waals surface area (Å²) in [5.41, 5.74) is 6.56. The first-order valence-electron chi connectivity index (χ1n) is 6.83. The van der Waals surface area contributed by atoms with Crippen LogP contribution in [-0.2, 0) is 6.42 Å². The average molecular weight is 275 g/mol. The molecule has 0 aliphatic heterocycles. The molecule has 108 valence electrons. The van der Waals surface area contributed by atoms with Crippen molar-refractivity contribution in [1.82, 2.24) is 10.1 Å². The summed E-state index contributed by atoms with van der Waals surface area (Å²) in [6.07, 6.45) is 1.47. The molecule has 0 atom stereocenters. The predicted molar refractivity (Wildman–Crippen MR) is 77.5 cm³/mol. The van der Waals surface area contributed by atoms with Crippen LogP contribution in [0.1, 0.15) is 33.1 Å². The van der Waals surface area contributed by atoms with Crippen LogP contribution in [0.3, 0.4) is 0 Å². The third-order valence-corrected chi connectivity index (χ3v) is 2.88. The fraction of sp³-hybridized carbons (Fsp3) is 0.467. The van der Waals surface area contributed by atoms with Gasteiger partial charge >= 0.3 is 0 Å². The minimum atomic E-state index is -0.238. The first kappa shape index (κ1) is 14.5. The van der Waals surface area contributed by atoms with E-state index in [1.807, 2.05) is 45.0 Å². The molecule has 0 bridgehead atoms. The van der Waals surface area contributed by atoms with Gasteiger partial charge in [-0.25, -0.2) is 0 Å². The fourth-order valence-corrected chi connectivity index (χ4v) is 1.83. The van der Waals surface area contributed by atoms with Crippen molar-refractivity contribution >= 4 is 0 Å². The molecule has 1 heterocycles. The molecule has 0 unspecified atom stereocenters. The van der Waals surface area contributed by atoms with Crippen LogP contribution in [0.4, 0.5) is 0 Å². The third-order valence-electron chi connectivity index (χ3n) is 2.88. The second-order valence-corrected chi connectivity index (χ2v) is 5.43. The van der Waals surface area contributed by atoms with Gasteiger partial charge < -0.3 is 15.0 Å². The molecule has 0 aliphatic rings. The Morgan fingerprint density at radius 2 is 2.05 bits per heavy atom. The van der Waals surface area contributed by atoms with E-state index in [1.165, 1.54) is 0 Å². The number of ether oxygens (including phenoxy) is 1. The molecule has 0 amide bonds. The number of hydrogen-bond acceptors (Lipinski definition) is 5. The highest BCUT2D eigenvalue weighted by Crippen LogP contribution is 2.27. The van der Waals surface area contributed by atoms with Crippen LogP contribution in [0.2, 0.25) is 0 Å². The molecule has 2 N–H and O–H groups in total. The van der Waals surface area contributed by atoms with E-state index in [9.17, 15) is 0 Å². The van der Waals surface area contributed by atoms with Gasteiger partial charge in [0.1, 0.15) is 5.75 Å². The number of nitrogens with zero attached hydrogens (tertiary/aromatic N) is 2. The van der Waals surface area contributed by atoms with Gasteiger partial charge in [-0.15, -0.1) is 0 Å². The van der Waals surface area contributed by atoms with E-state index in [2.05, 4.69) is 10.1 Å². The molecular formula is C15H21N3O2. The highest BCUT2D eigenvalue weighted by molar-refractivity contribution is 5.63. The van der Waals surface area contributed by atoms with E-state index < -0.39 is 0 Å². The molecule has 0 radical (unpaired) electrons. The van der Waals surface area contributed by atoms with Crippen LogP contribution in [-0.4, -0.2) is 22.3 Å². The van der Waals surface area contributed by atoms with E-state index in [4.69, 9.17) is 15.0 Å². The van der Waals surface area contributed by atoms with Crippen LogP contribution in [0.15, 0.2) is 28.8 Å². The number of aromatic nitrogens is 2. The zero-order valence-corrected chi connectivity index (χ0v) is 12.2. The highest BCUT2D eigenvalue weighted by Gasteiger charge is 2.16. The molecule has 20 heavy (non-hydrogen) atoms. The Morgan fingerprint density at radius 1 is 1.30 bits per heavy atom. The topological polar surface area (TPSA) is 74.2 Å². The lowest BCUT2D eigenvalue weighted by Gasteiger charge is -2.16. The first-order chi connectivity index (χ1) is 9.49. The van der Waals surface area contributed by atoms with Crippen LogP contribution in [0, 0.1) is 0 Å². The molecule has 0 fully saturated rings. The van der Waals surface area contributed by atoms with Crippen molar-refractivity contribution in [3.05, 3.63) is 30.2 Å². The summed E-state index contributed by atoms with van der Waals surface area (Å²) in [6, 6.07) is 7.67. The molecule has 0 aliphatic carbocycles. The van der Waals surface area contributed by atoms with Gasteiger partial charge in [0.2, 0.25) is 11.7 Å². The van der Waals surface area contributed by atoms with Crippen molar-refractivity contribution in [2.45, 2.75) is 39.2 Å². The molecule has 2 rings (SSSR count). The smallest absolute Gasteiger partial charge is 0.227 e. The lowest BCUT2D eigenvalue weighted by Crippen LogP contribution is -2.32. The Kier molecular flexibility index (Phi) is 4.39. The van der Waals surface area contributed by atoms with Gasteiger partial charge in [-0.3, -0.25) is 0 Å². The molecule has 0 saturated carbocycles. The Hall–Kier alpha value is -1.88. The summed E-state index contributed by atoms with van der Waals surface area (Å²) in [4.78, 5) is 4.41. The summed E-state index contributed by atoms with van der Waals surface area (Å²) in [7, 11) is 0. The summed E-state index contributed by atoms with van der Waals surface area (Å²) in [5, 5.41) is 4.02. The lowest BCUT2D eigenvalue weighted by atomic mass is 10.0. The maximum atomic E-state index is 5.96.